The smallest absolute Gasteiger partial charge is 0.242 e. The first kappa shape index (κ1) is 15.7. The number of halogens is 1. The van der Waals surface area contributed by atoms with E-state index >= 15 is 0 Å². The highest BCUT2D eigenvalue weighted by Gasteiger charge is 2.32. The molecular weight excluding hydrogens is 324 g/mol. The lowest BCUT2D eigenvalue weighted by Gasteiger charge is -2.13. The van der Waals surface area contributed by atoms with Crippen molar-refractivity contribution in [2.45, 2.75) is 23.9 Å². The molecule has 0 aliphatic carbocycles. The molecule has 1 atom stereocenters. The third-order valence-corrected chi connectivity index (χ3v) is 6.85. The average Bonchev–Trinajstić information content (AvgIpc) is 2.68. The van der Waals surface area contributed by atoms with Crippen LogP contribution in [0.25, 0.3) is 0 Å². The summed E-state index contributed by atoms with van der Waals surface area (Å²) in [5.74, 6) is -0.183. The molecule has 1 unspecified atom stereocenters. The third-order valence-electron chi connectivity index (χ3n) is 3.08. The first-order valence-corrected chi connectivity index (χ1v) is 9.63. The second-order valence-corrected chi connectivity index (χ2v) is 9.01. The Bertz CT molecular complexity index is 716. The van der Waals surface area contributed by atoms with Crippen LogP contribution in [0.4, 0.5) is 0 Å². The maximum Gasteiger partial charge on any atom is 0.242 e. The molecule has 1 aliphatic rings. The molecule has 112 valence electrons. The van der Waals surface area contributed by atoms with Gasteiger partial charge in [0.2, 0.25) is 10.0 Å². The number of nitrogens with one attached hydrogen (secondary N) is 1. The van der Waals surface area contributed by atoms with Crippen molar-refractivity contribution < 1.29 is 16.8 Å². The molecule has 0 bridgehead atoms. The zero-order chi connectivity index (χ0) is 15.0. The minimum atomic E-state index is -3.86. The Kier molecular flexibility index (Phi) is 4.41. The van der Waals surface area contributed by atoms with Crippen molar-refractivity contribution in [2.24, 2.45) is 5.73 Å². The lowest BCUT2D eigenvalue weighted by molar-refractivity contribution is 0.562. The van der Waals surface area contributed by atoms with Crippen molar-refractivity contribution in [3.63, 3.8) is 0 Å². The molecule has 1 aromatic rings. The van der Waals surface area contributed by atoms with Crippen molar-refractivity contribution in [2.75, 3.05) is 11.5 Å². The van der Waals surface area contributed by atoms with Crippen molar-refractivity contribution in [1.82, 2.24) is 4.72 Å². The molecule has 1 aliphatic heterocycles. The summed E-state index contributed by atoms with van der Waals surface area (Å²) in [6.07, 6.45) is 0.274. The average molecular weight is 339 g/mol. The summed E-state index contributed by atoms with van der Waals surface area (Å²) in [7, 11) is -7.01. The van der Waals surface area contributed by atoms with Crippen LogP contribution in [0.15, 0.2) is 23.1 Å². The Labute approximate surface area is 123 Å². The van der Waals surface area contributed by atoms with E-state index in [0.717, 1.165) is 0 Å². The third kappa shape index (κ3) is 3.50. The van der Waals surface area contributed by atoms with Gasteiger partial charge >= 0.3 is 0 Å². The van der Waals surface area contributed by atoms with Gasteiger partial charge in [0, 0.05) is 12.6 Å². The predicted octanol–water partition coefficient (Wildman–Crippen LogP) is 0.264. The van der Waals surface area contributed by atoms with Gasteiger partial charge in [0.1, 0.15) is 4.90 Å². The van der Waals surface area contributed by atoms with Crippen molar-refractivity contribution in [3.8, 4) is 0 Å². The van der Waals surface area contributed by atoms with E-state index in [0.29, 0.717) is 5.56 Å². The van der Waals surface area contributed by atoms with Crippen LogP contribution >= 0.6 is 11.6 Å². The molecule has 0 aromatic heterocycles. The quantitative estimate of drug-likeness (QED) is 0.819. The van der Waals surface area contributed by atoms with Crippen LogP contribution in [0, 0.1) is 0 Å². The lowest BCUT2D eigenvalue weighted by atomic mass is 10.2. The van der Waals surface area contributed by atoms with Crippen LogP contribution in [0.1, 0.15) is 12.0 Å². The van der Waals surface area contributed by atoms with Crippen LogP contribution in [-0.4, -0.2) is 34.4 Å². The normalized spacial score (nSPS) is 22.0. The minimum Gasteiger partial charge on any atom is -0.326 e. The summed E-state index contributed by atoms with van der Waals surface area (Å²) < 4.78 is 49.6. The summed E-state index contributed by atoms with van der Waals surface area (Å²) in [5, 5.41) is 0.0792. The van der Waals surface area contributed by atoms with Crippen molar-refractivity contribution in [3.05, 3.63) is 28.8 Å². The Hall–Kier alpha value is -0.670. The molecule has 1 aromatic carbocycles. The molecule has 0 saturated carbocycles. The van der Waals surface area contributed by atoms with Crippen LogP contribution in [0.5, 0.6) is 0 Å². The van der Waals surface area contributed by atoms with E-state index in [1.807, 2.05) is 0 Å². The second kappa shape index (κ2) is 5.61. The molecule has 0 radical (unpaired) electrons. The Morgan fingerprint density at radius 1 is 1.40 bits per heavy atom. The Morgan fingerprint density at radius 3 is 2.65 bits per heavy atom. The van der Waals surface area contributed by atoms with Gasteiger partial charge in [0.25, 0.3) is 0 Å². The van der Waals surface area contributed by atoms with E-state index in [2.05, 4.69) is 4.72 Å². The summed E-state index contributed by atoms with van der Waals surface area (Å²) in [6, 6.07) is 3.89. The summed E-state index contributed by atoms with van der Waals surface area (Å²) >= 11 is 5.90. The van der Waals surface area contributed by atoms with Gasteiger partial charge in [-0.25, -0.2) is 21.6 Å². The Morgan fingerprint density at radius 2 is 2.10 bits per heavy atom. The fourth-order valence-corrected chi connectivity index (χ4v) is 5.65. The SMILES string of the molecule is NCc1ccc(Cl)c(S(=O)(=O)NC2CCS(=O)(=O)C2)c1. The molecule has 1 saturated heterocycles. The molecule has 1 heterocycles. The predicted molar refractivity (Wildman–Crippen MR) is 76.7 cm³/mol. The molecule has 2 rings (SSSR count). The summed E-state index contributed by atoms with van der Waals surface area (Å²) in [6.45, 7) is 0.192. The number of sulfonamides is 1. The van der Waals surface area contributed by atoms with Crippen LogP contribution in [-0.2, 0) is 26.4 Å². The maximum absolute atomic E-state index is 12.3. The second-order valence-electron chi connectivity index (χ2n) is 4.69. The van der Waals surface area contributed by atoms with Gasteiger partial charge in [0.05, 0.1) is 16.5 Å². The van der Waals surface area contributed by atoms with Crippen molar-refractivity contribution in [1.29, 1.82) is 0 Å². The van der Waals surface area contributed by atoms with Gasteiger partial charge in [-0.3, -0.25) is 0 Å². The molecule has 9 heteroatoms. The molecule has 0 amide bonds. The van der Waals surface area contributed by atoms with E-state index < -0.39 is 25.9 Å². The van der Waals surface area contributed by atoms with Crippen LogP contribution in [0.3, 0.4) is 0 Å². The number of benzene rings is 1. The molecule has 3 N–H and O–H groups in total. The van der Waals surface area contributed by atoms with E-state index in [-0.39, 0.29) is 34.4 Å². The highest BCUT2D eigenvalue weighted by atomic mass is 35.5. The Balaban J connectivity index is 2.27. The fraction of sp³-hybridized carbons (Fsp3) is 0.455. The number of hydrogen-bond acceptors (Lipinski definition) is 5. The van der Waals surface area contributed by atoms with Crippen molar-refractivity contribution >= 4 is 31.5 Å². The highest BCUT2D eigenvalue weighted by molar-refractivity contribution is 7.92. The first-order valence-electron chi connectivity index (χ1n) is 5.95. The van der Waals surface area contributed by atoms with Gasteiger partial charge in [-0.2, -0.15) is 0 Å². The van der Waals surface area contributed by atoms with E-state index in [9.17, 15) is 16.8 Å². The first-order chi connectivity index (χ1) is 9.23. The van der Waals surface area contributed by atoms with Gasteiger partial charge in [-0.15, -0.1) is 0 Å². The lowest BCUT2D eigenvalue weighted by Crippen LogP contribution is -2.35. The summed E-state index contributed by atoms with van der Waals surface area (Å²) in [4.78, 5) is -0.0774. The van der Waals surface area contributed by atoms with Gasteiger partial charge in [-0.1, -0.05) is 17.7 Å². The topological polar surface area (TPSA) is 106 Å². The van der Waals surface area contributed by atoms with E-state index in [4.69, 9.17) is 17.3 Å². The molecule has 0 spiro atoms. The van der Waals surface area contributed by atoms with Crippen LogP contribution < -0.4 is 10.5 Å². The zero-order valence-corrected chi connectivity index (χ0v) is 12.9. The van der Waals surface area contributed by atoms with Gasteiger partial charge in [0.15, 0.2) is 9.84 Å². The molecule has 6 nitrogen and oxygen atoms in total. The van der Waals surface area contributed by atoms with E-state index in [1.165, 1.54) is 12.1 Å². The standard InChI is InChI=1S/C11H15ClN2O4S2/c12-10-2-1-8(6-13)5-11(10)20(17,18)14-9-3-4-19(15,16)7-9/h1-2,5,9,14H,3-4,6-7,13H2. The van der Waals surface area contributed by atoms with Gasteiger partial charge in [-0.05, 0) is 24.1 Å². The van der Waals surface area contributed by atoms with E-state index in [1.54, 1.807) is 6.07 Å². The largest absolute Gasteiger partial charge is 0.326 e. The molecular formula is C11H15ClN2O4S2. The zero-order valence-electron chi connectivity index (χ0n) is 10.5. The number of sulfone groups is 1. The summed E-state index contributed by atoms with van der Waals surface area (Å²) in [5.41, 5.74) is 6.11. The van der Waals surface area contributed by atoms with Crippen LogP contribution in [0.2, 0.25) is 5.02 Å². The maximum atomic E-state index is 12.3. The fourth-order valence-electron chi connectivity index (χ4n) is 2.05. The number of rotatable bonds is 4. The minimum absolute atomic E-state index is 0.00322. The number of nitrogens with two attached hydrogens (primary N) is 1. The molecule has 20 heavy (non-hydrogen) atoms. The van der Waals surface area contributed by atoms with Gasteiger partial charge < -0.3 is 5.73 Å². The molecule has 1 fully saturated rings. The monoisotopic (exact) mass is 338 g/mol. The highest BCUT2D eigenvalue weighted by Crippen LogP contribution is 2.24. The number of hydrogen-bond donors (Lipinski definition) is 2.